The zero-order valence-electron chi connectivity index (χ0n) is 22.6. The van der Waals surface area contributed by atoms with Crippen molar-refractivity contribution in [3.63, 3.8) is 0 Å². The second kappa shape index (κ2) is 10.8. The Hall–Kier alpha value is -2.61. The zero-order valence-corrected chi connectivity index (χ0v) is 22.6. The van der Waals surface area contributed by atoms with Gasteiger partial charge in [0.15, 0.2) is 0 Å². The molecule has 8 heteroatoms. The molecule has 0 fully saturated rings. The lowest BCUT2D eigenvalue weighted by Gasteiger charge is -2.44. The first-order chi connectivity index (χ1) is 15.3. The SMILES string of the molecule is Cc1ccc(C)c(C(C(=O)NC(C)(C)C)N(C(=O)C(CO)NC(=O)OC(C)(C)C)C(C)(C)C)c1. The quantitative estimate of drug-likeness (QED) is 0.578. The topological polar surface area (TPSA) is 108 Å². The van der Waals surface area contributed by atoms with Gasteiger partial charge in [-0.15, -0.1) is 0 Å². The average molecular weight is 478 g/mol. The molecule has 0 radical (unpaired) electrons. The minimum absolute atomic E-state index is 0.349. The number of carbonyl (C=O) groups is 3. The monoisotopic (exact) mass is 477 g/mol. The maximum absolute atomic E-state index is 13.8. The summed E-state index contributed by atoms with van der Waals surface area (Å²) < 4.78 is 5.27. The van der Waals surface area contributed by atoms with Gasteiger partial charge in [-0.3, -0.25) is 9.59 Å². The van der Waals surface area contributed by atoms with Crippen molar-refractivity contribution in [2.24, 2.45) is 0 Å². The summed E-state index contributed by atoms with van der Waals surface area (Å²) in [6, 6.07) is 3.48. The molecule has 1 rings (SSSR count). The number of alkyl carbamates (subject to hydrolysis) is 1. The molecule has 0 spiro atoms. The summed E-state index contributed by atoms with van der Waals surface area (Å²) >= 11 is 0. The first kappa shape index (κ1) is 29.4. The van der Waals surface area contributed by atoms with Gasteiger partial charge in [-0.1, -0.05) is 23.8 Å². The number of rotatable bonds is 6. The fraction of sp³-hybridized carbons (Fsp3) is 0.654. The summed E-state index contributed by atoms with van der Waals surface area (Å²) in [5, 5.41) is 15.5. The number of benzene rings is 1. The predicted molar refractivity (Wildman–Crippen MR) is 133 cm³/mol. The lowest BCUT2D eigenvalue weighted by molar-refractivity contribution is -0.149. The van der Waals surface area contributed by atoms with E-state index in [1.54, 1.807) is 20.8 Å². The third-order valence-corrected chi connectivity index (χ3v) is 4.87. The maximum Gasteiger partial charge on any atom is 0.408 e. The fourth-order valence-corrected chi connectivity index (χ4v) is 3.54. The molecule has 2 atom stereocenters. The molecule has 3 amide bonds. The Morgan fingerprint density at radius 1 is 1.00 bits per heavy atom. The van der Waals surface area contributed by atoms with Crippen molar-refractivity contribution in [1.82, 2.24) is 15.5 Å². The number of ether oxygens (including phenoxy) is 1. The molecule has 34 heavy (non-hydrogen) atoms. The van der Waals surface area contributed by atoms with Crippen LogP contribution in [0.5, 0.6) is 0 Å². The Labute approximate surface area is 204 Å². The number of aliphatic hydroxyl groups is 1. The highest BCUT2D eigenvalue weighted by molar-refractivity contribution is 5.93. The standard InChI is InChI=1S/C26H43N3O5/c1-16-12-13-17(2)18(14-16)20(21(31)28-24(3,4)5)29(25(6,7)8)22(32)19(15-30)27-23(33)34-26(9,10)11/h12-14,19-20,30H,15H2,1-11H3,(H,27,33)(H,28,31). The van der Waals surface area contributed by atoms with Crippen molar-refractivity contribution >= 4 is 17.9 Å². The molecule has 0 aliphatic heterocycles. The molecule has 0 aromatic heterocycles. The highest BCUT2D eigenvalue weighted by Crippen LogP contribution is 2.32. The average Bonchev–Trinajstić information content (AvgIpc) is 2.61. The maximum atomic E-state index is 13.8. The van der Waals surface area contributed by atoms with Crippen molar-refractivity contribution in [2.75, 3.05) is 6.61 Å². The van der Waals surface area contributed by atoms with E-state index in [4.69, 9.17) is 4.74 Å². The van der Waals surface area contributed by atoms with Gasteiger partial charge in [-0.2, -0.15) is 0 Å². The number of hydrogen-bond donors (Lipinski definition) is 3. The zero-order chi connectivity index (χ0) is 26.6. The van der Waals surface area contributed by atoms with Gasteiger partial charge < -0.3 is 25.4 Å². The third-order valence-electron chi connectivity index (χ3n) is 4.87. The van der Waals surface area contributed by atoms with Gasteiger partial charge in [0.1, 0.15) is 17.7 Å². The molecule has 1 aromatic rings. The van der Waals surface area contributed by atoms with Gasteiger partial charge in [-0.25, -0.2) is 4.79 Å². The van der Waals surface area contributed by atoms with Crippen LogP contribution in [0.25, 0.3) is 0 Å². The normalized spacial score (nSPS) is 14.1. The van der Waals surface area contributed by atoms with Crippen LogP contribution >= 0.6 is 0 Å². The van der Waals surface area contributed by atoms with E-state index < -0.39 is 47.4 Å². The van der Waals surface area contributed by atoms with Crippen LogP contribution in [0.4, 0.5) is 4.79 Å². The van der Waals surface area contributed by atoms with Gasteiger partial charge in [0.25, 0.3) is 0 Å². The van der Waals surface area contributed by atoms with Crippen LogP contribution in [0.1, 0.15) is 85.0 Å². The second-order valence-electron chi connectivity index (χ2n) is 11.8. The highest BCUT2D eigenvalue weighted by atomic mass is 16.6. The number of hydrogen-bond acceptors (Lipinski definition) is 5. The van der Waals surface area contributed by atoms with Gasteiger partial charge in [0.05, 0.1) is 6.61 Å². The van der Waals surface area contributed by atoms with Gasteiger partial charge >= 0.3 is 6.09 Å². The van der Waals surface area contributed by atoms with Crippen LogP contribution in [0.3, 0.4) is 0 Å². The van der Waals surface area contributed by atoms with Gasteiger partial charge in [0.2, 0.25) is 11.8 Å². The van der Waals surface area contributed by atoms with E-state index in [9.17, 15) is 19.5 Å². The van der Waals surface area contributed by atoms with Crippen LogP contribution < -0.4 is 10.6 Å². The van der Waals surface area contributed by atoms with Crippen LogP contribution in [-0.2, 0) is 14.3 Å². The molecule has 1 aromatic carbocycles. The summed E-state index contributed by atoms with van der Waals surface area (Å²) in [5.74, 6) is -0.936. The minimum atomic E-state index is -1.29. The Bertz CT molecular complexity index is 891. The van der Waals surface area contributed by atoms with E-state index in [1.807, 2.05) is 73.6 Å². The molecule has 0 heterocycles. The molecule has 192 valence electrons. The summed E-state index contributed by atoms with van der Waals surface area (Å²) in [6.45, 7) is 19.3. The molecule has 0 saturated carbocycles. The van der Waals surface area contributed by atoms with E-state index >= 15 is 0 Å². The first-order valence-electron chi connectivity index (χ1n) is 11.6. The molecular weight excluding hydrogens is 434 g/mol. The Balaban J connectivity index is 3.60. The largest absolute Gasteiger partial charge is 0.444 e. The Morgan fingerprint density at radius 3 is 2.00 bits per heavy atom. The lowest BCUT2D eigenvalue weighted by atomic mass is 9.91. The highest BCUT2D eigenvalue weighted by Gasteiger charge is 2.43. The van der Waals surface area contributed by atoms with Crippen molar-refractivity contribution in [1.29, 1.82) is 0 Å². The summed E-state index contributed by atoms with van der Waals surface area (Å²) in [6.07, 6.45) is -0.823. The van der Waals surface area contributed by atoms with Crippen molar-refractivity contribution in [3.05, 3.63) is 34.9 Å². The van der Waals surface area contributed by atoms with Gasteiger partial charge in [-0.05, 0) is 87.3 Å². The Kier molecular flexibility index (Phi) is 9.31. The molecule has 0 aliphatic rings. The number of amides is 3. The van der Waals surface area contributed by atoms with Crippen LogP contribution in [-0.4, -0.2) is 57.2 Å². The van der Waals surface area contributed by atoms with E-state index in [0.717, 1.165) is 11.1 Å². The van der Waals surface area contributed by atoms with Crippen molar-refractivity contribution in [3.8, 4) is 0 Å². The number of nitrogens with one attached hydrogen (secondary N) is 2. The smallest absolute Gasteiger partial charge is 0.408 e. The molecular formula is C26H43N3O5. The lowest BCUT2D eigenvalue weighted by Crippen LogP contribution is -2.60. The number of nitrogens with zero attached hydrogens (tertiary/aromatic N) is 1. The second-order valence-corrected chi connectivity index (χ2v) is 11.8. The Morgan fingerprint density at radius 2 is 1.56 bits per heavy atom. The van der Waals surface area contributed by atoms with Crippen LogP contribution in [0.2, 0.25) is 0 Å². The molecule has 2 unspecified atom stereocenters. The van der Waals surface area contributed by atoms with Crippen LogP contribution in [0.15, 0.2) is 18.2 Å². The summed E-state index contributed by atoms with van der Waals surface area (Å²) in [5.41, 5.74) is 0.341. The fourth-order valence-electron chi connectivity index (χ4n) is 3.54. The number of aryl methyl sites for hydroxylation is 2. The molecule has 0 bridgehead atoms. The first-order valence-corrected chi connectivity index (χ1v) is 11.6. The molecule has 3 N–H and O–H groups in total. The molecule has 0 saturated heterocycles. The molecule has 0 aliphatic carbocycles. The van der Waals surface area contributed by atoms with Crippen molar-refractivity contribution < 1.29 is 24.2 Å². The number of aliphatic hydroxyl groups excluding tert-OH is 1. The predicted octanol–water partition coefficient (Wildman–Crippen LogP) is 3.77. The van der Waals surface area contributed by atoms with Crippen LogP contribution in [0, 0.1) is 13.8 Å². The van der Waals surface area contributed by atoms with Crippen molar-refractivity contribution in [2.45, 2.75) is 105 Å². The minimum Gasteiger partial charge on any atom is -0.444 e. The van der Waals surface area contributed by atoms with E-state index in [-0.39, 0.29) is 5.91 Å². The van der Waals surface area contributed by atoms with E-state index in [2.05, 4.69) is 10.6 Å². The van der Waals surface area contributed by atoms with E-state index in [0.29, 0.717) is 5.56 Å². The summed E-state index contributed by atoms with van der Waals surface area (Å²) in [7, 11) is 0. The molecule has 8 nitrogen and oxygen atoms in total. The van der Waals surface area contributed by atoms with E-state index in [1.165, 1.54) is 4.90 Å². The number of carbonyl (C=O) groups excluding carboxylic acids is 3. The summed E-state index contributed by atoms with van der Waals surface area (Å²) in [4.78, 5) is 41.3. The van der Waals surface area contributed by atoms with Gasteiger partial charge in [0, 0.05) is 11.1 Å². The third kappa shape index (κ3) is 8.63.